The van der Waals surface area contributed by atoms with Crippen LogP contribution in [0.25, 0.3) is 0 Å². The average molecular weight is 436 g/mol. The zero-order chi connectivity index (χ0) is 22.7. The number of anilines is 1. The number of nitrogens with zero attached hydrogens (tertiary/aromatic N) is 2. The lowest BCUT2D eigenvalue weighted by atomic mass is 9.68. The SMILES string of the molecule is CCCOC(=O)[C@@H]1C[C@H]2O[C@@]1(C)[C@@H]1C(=O)N(c3ccc(C#N)c(C(F)(F)F)c3)C(=O)[C@@H]12. The summed E-state index contributed by atoms with van der Waals surface area (Å²) in [4.78, 5) is 39.5. The van der Waals surface area contributed by atoms with E-state index >= 15 is 0 Å². The Labute approximate surface area is 175 Å². The molecule has 3 saturated heterocycles. The molecule has 0 N–H and O–H groups in total. The van der Waals surface area contributed by atoms with E-state index in [-0.39, 0.29) is 18.7 Å². The number of carbonyl (C=O) groups excluding carboxylic acids is 3. The van der Waals surface area contributed by atoms with Crippen LogP contribution in [0.4, 0.5) is 18.9 Å². The Balaban J connectivity index is 1.69. The number of nitriles is 1. The number of halogens is 3. The smallest absolute Gasteiger partial charge is 0.417 e. The molecule has 0 radical (unpaired) electrons. The maximum Gasteiger partial charge on any atom is 0.417 e. The van der Waals surface area contributed by atoms with Crippen molar-refractivity contribution in [3.05, 3.63) is 29.3 Å². The topological polar surface area (TPSA) is 96.7 Å². The minimum Gasteiger partial charge on any atom is -0.465 e. The lowest BCUT2D eigenvalue weighted by Crippen LogP contribution is -2.48. The number of ether oxygens (including phenoxy) is 2. The molecule has 3 fully saturated rings. The molecule has 10 heteroatoms. The van der Waals surface area contributed by atoms with Crippen LogP contribution in [0.3, 0.4) is 0 Å². The molecule has 164 valence electrons. The van der Waals surface area contributed by atoms with Gasteiger partial charge in [0.25, 0.3) is 0 Å². The second-order valence-corrected chi connectivity index (χ2v) is 8.15. The molecule has 0 unspecified atom stereocenters. The van der Waals surface area contributed by atoms with E-state index in [2.05, 4.69) is 0 Å². The highest BCUT2D eigenvalue weighted by Crippen LogP contribution is 2.58. The van der Waals surface area contributed by atoms with Crippen molar-refractivity contribution in [2.45, 2.75) is 44.6 Å². The van der Waals surface area contributed by atoms with Crippen molar-refractivity contribution in [1.82, 2.24) is 0 Å². The number of imide groups is 1. The first-order chi connectivity index (χ1) is 14.5. The van der Waals surface area contributed by atoms with Crippen LogP contribution in [-0.4, -0.2) is 36.1 Å². The van der Waals surface area contributed by atoms with Crippen LogP contribution >= 0.6 is 0 Å². The zero-order valence-electron chi connectivity index (χ0n) is 16.7. The number of benzene rings is 1. The number of hydrogen-bond acceptors (Lipinski definition) is 6. The van der Waals surface area contributed by atoms with Gasteiger partial charge in [-0.15, -0.1) is 0 Å². The molecule has 4 rings (SSSR count). The summed E-state index contributed by atoms with van der Waals surface area (Å²) in [7, 11) is 0. The predicted molar refractivity (Wildman–Crippen MR) is 98.3 cm³/mol. The summed E-state index contributed by atoms with van der Waals surface area (Å²) in [5.74, 6) is -4.51. The van der Waals surface area contributed by atoms with E-state index in [9.17, 15) is 27.6 Å². The number of carbonyl (C=O) groups is 3. The summed E-state index contributed by atoms with van der Waals surface area (Å²) in [5, 5.41) is 8.97. The molecule has 5 atom stereocenters. The van der Waals surface area contributed by atoms with Gasteiger partial charge in [0.05, 0.1) is 58.9 Å². The van der Waals surface area contributed by atoms with Gasteiger partial charge in [-0.2, -0.15) is 18.4 Å². The van der Waals surface area contributed by atoms with Gasteiger partial charge in [0.2, 0.25) is 11.8 Å². The quantitative estimate of drug-likeness (QED) is 0.532. The Morgan fingerprint density at radius 1 is 1.35 bits per heavy atom. The highest BCUT2D eigenvalue weighted by Gasteiger charge is 2.72. The van der Waals surface area contributed by atoms with Gasteiger partial charge in [0.15, 0.2) is 0 Å². The van der Waals surface area contributed by atoms with Crippen molar-refractivity contribution in [2.75, 3.05) is 11.5 Å². The Bertz CT molecular complexity index is 1020. The van der Waals surface area contributed by atoms with Crippen molar-refractivity contribution >= 4 is 23.5 Å². The van der Waals surface area contributed by atoms with Crippen LogP contribution in [0.5, 0.6) is 0 Å². The molecule has 3 heterocycles. The zero-order valence-corrected chi connectivity index (χ0v) is 16.7. The van der Waals surface area contributed by atoms with Gasteiger partial charge in [0, 0.05) is 0 Å². The second kappa shape index (κ2) is 7.05. The van der Waals surface area contributed by atoms with Crippen LogP contribution in [-0.2, 0) is 30.0 Å². The van der Waals surface area contributed by atoms with E-state index in [1.807, 2.05) is 6.92 Å². The van der Waals surface area contributed by atoms with Gasteiger partial charge >= 0.3 is 12.1 Å². The van der Waals surface area contributed by atoms with Crippen molar-refractivity contribution in [2.24, 2.45) is 17.8 Å². The molecule has 7 nitrogen and oxygen atoms in total. The highest BCUT2D eigenvalue weighted by molar-refractivity contribution is 6.23. The van der Waals surface area contributed by atoms with Gasteiger partial charge in [-0.1, -0.05) is 6.92 Å². The van der Waals surface area contributed by atoms with Crippen LogP contribution in [0.1, 0.15) is 37.8 Å². The van der Waals surface area contributed by atoms with Gasteiger partial charge in [-0.05, 0) is 38.0 Å². The molecule has 31 heavy (non-hydrogen) atoms. The Kier molecular flexibility index (Phi) is 4.85. The number of rotatable bonds is 4. The minimum absolute atomic E-state index is 0.203. The molecule has 3 aliphatic heterocycles. The Hall–Kier alpha value is -2.93. The molecule has 1 aromatic carbocycles. The van der Waals surface area contributed by atoms with Crippen LogP contribution in [0.15, 0.2) is 18.2 Å². The van der Waals surface area contributed by atoms with E-state index in [4.69, 9.17) is 14.7 Å². The van der Waals surface area contributed by atoms with Crippen LogP contribution < -0.4 is 4.90 Å². The van der Waals surface area contributed by atoms with E-state index < -0.39 is 64.5 Å². The largest absolute Gasteiger partial charge is 0.465 e. The normalized spacial score (nSPS) is 31.7. The van der Waals surface area contributed by atoms with Crippen molar-refractivity contribution in [1.29, 1.82) is 5.26 Å². The summed E-state index contributed by atoms with van der Waals surface area (Å²) in [6, 6.07) is 4.18. The second-order valence-electron chi connectivity index (χ2n) is 8.15. The molecule has 0 saturated carbocycles. The molecule has 0 aromatic heterocycles. The Morgan fingerprint density at radius 3 is 2.68 bits per heavy atom. The van der Waals surface area contributed by atoms with Crippen LogP contribution in [0.2, 0.25) is 0 Å². The number of esters is 1. The molecule has 0 aliphatic carbocycles. The van der Waals surface area contributed by atoms with Gasteiger partial charge in [0.1, 0.15) is 0 Å². The number of amides is 2. The molecule has 2 bridgehead atoms. The van der Waals surface area contributed by atoms with E-state index in [0.717, 1.165) is 17.0 Å². The van der Waals surface area contributed by atoms with Crippen molar-refractivity contribution in [3.8, 4) is 6.07 Å². The lowest BCUT2D eigenvalue weighted by Gasteiger charge is -2.32. The summed E-state index contributed by atoms with van der Waals surface area (Å²) < 4.78 is 51.2. The minimum atomic E-state index is -4.83. The molecular weight excluding hydrogens is 417 g/mol. The first-order valence-corrected chi connectivity index (χ1v) is 9.88. The number of hydrogen-bond donors (Lipinski definition) is 0. The molecule has 3 aliphatic rings. The van der Waals surface area contributed by atoms with Gasteiger partial charge < -0.3 is 9.47 Å². The lowest BCUT2D eigenvalue weighted by molar-refractivity contribution is -0.156. The fraction of sp³-hybridized carbons (Fsp3) is 0.524. The summed E-state index contributed by atoms with van der Waals surface area (Å²) in [6.07, 6.45) is -4.70. The third-order valence-electron chi connectivity index (χ3n) is 6.35. The maximum atomic E-state index is 13.4. The Morgan fingerprint density at radius 2 is 2.06 bits per heavy atom. The predicted octanol–water partition coefficient (Wildman–Crippen LogP) is 2.81. The highest BCUT2D eigenvalue weighted by atomic mass is 19.4. The van der Waals surface area contributed by atoms with Gasteiger partial charge in [-0.25, -0.2) is 4.90 Å². The third-order valence-corrected chi connectivity index (χ3v) is 6.35. The summed E-state index contributed by atoms with van der Waals surface area (Å²) >= 11 is 0. The number of fused-ring (bicyclic) bond motifs is 5. The third kappa shape index (κ3) is 3.02. The standard InChI is InChI=1S/C21H19F3N2O5/c1-3-6-30-19(29)13-8-14-15-16(20(13,2)31-14)18(28)26(17(15)27)11-5-4-10(9-25)12(7-11)21(22,23)24/h4-5,7,13-16H,3,6,8H2,1-2H3/t13-,14+,15+,16-,20+/m0/s1. The van der Waals surface area contributed by atoms with E-state index in [1.165, 1.54) is 6.07 Å². The van der Waals surface area contributed by atoms with E-state index in [1.54, 1.807) is 6.92 Å². The van der Waals surface area contributed by atoms with E-state index in [0.29, 0.717) is 12.5 Å². The number of alkyl halides is 3. The van der Waals surface area contributed by atoms with Crippen molar-refractivity contribution < 1.29 is 37.0 Å². The maximum absolute atomic E-state index is 13.4. The molecule has 2 amide bonds. The summed E-state index contributed by atoms with van der Waals surface area (Å²) in [5.41, 5.74) is -3.37. The molecule has 0 spiro atoms. The first kappa shape index (κ1) is 21.3. The first-order valence-electron chi connectivity index (χ1n) is 9.88. The fourth-order valence-electron chi connectivity index (χ4n) is 4.99. The summed E-state index contributed by atoms with van der Waals surface area (Å²) in [6.45, 7) is 3.63. The fourth-order valence-corrected chi connectivity index (χ4v) is 4.99. The molecule has 1 aromatic rings. The van der Waals surface area contributed by atoms with Crippen molar-refractivity contribution in [3.63, 3.8) is 0 Å². The average Bonchev–Trinajstić information content (AvgIpc) is 3.30. The van der Waals surface area contributed by atoms with Crippen LogP contribution in [0, 0.1) is 29.1 Å². The molecular formula is C21H19F3N2O5. The van der Waals surface area contributed by atoms with Gasteiger partial charge in [-0.3, -0.25) is 14.4 Å². The monoisotopic (exact) mass is 436 g/mol.